The molecule has 0 amide bonds. The quantitative estimate of drug-likeness (QED) is 0.289. The molecule has 0 bridgehead atoms. The monoisotopic (exact) mass is 652 g/mol. The van der Waals surface area contributed by atoms with Crippen LogP contribution in [0.25, 0.3) is 17.5 Å². The predicted octanol–water partition coefficient (Wildman–Crippen LogP) is 3.53. The van der Waals surface area contributed by atoms with Crippen molar-refractivity contribution in [1.82, 2.24) is 4.57 Å². The highest BCUT2D eigenvalue weighted by atomic mass is 32.1. The number of nitrogens with two attached hydrogens (primary N) is 1. The molecule has 0 fully saturated rings. The van der Waals surface area contributed by atoms with Gasteiger partial charge in [-0.05, 0) is 83.0 Å². The molecule has 0 radical (unpaired) electrons. The zero-order valence-electron chi connectivity index (χ0n) is 27.3. The third-order valence-electron chi connectivity index (χ3n) is 6.87. The minimum absolute atomic E-state index is 0.0460. The van der Waals surface area contributed by atoms with E-state index in [2.05, 4.69) is 0 Å². The van der Waals surface area contributed by atoms with E-state index >= 15 is 0 Å². The maximum absolute atomic E-state index is 14.0. The normalized spacial score (nSPS) is 14.8. The van der Waals surface area contributed by atoms with E-state index in [9.17, 15) is 14.4 Å². The molecule has 0 saturated heterocycles. The lowest BCUT2D eigenvalue weighted by molar-refractivity contribution is -0.138. The van der Waals surface area contributed by atoms with Gasteiger partial charge in [0.2, 0.25) is 0 Å². The molecule has 1 aromatic heterocycles. The number of aromatic nitrogens is 1. The van der Waals surface area contributed by atoms with Crippen molar-refractivity contribution in [1.29, 1.82) is 0 Å². The Hall–Kier alpha value is -4.71. The van der Waals surface area contributed by atoms with Crippen molar-refractivity contribution in [2.45, 2.75) is 59.7 Å². The summed E-state index contributed by atoms with van der Waals surface area (Å²) < 4.78 is 35.4. The number of carbonyl (C=O) groups is 2. The molecule has 4 rings (SSSR count). The summed E-state index contributed by atoms with van der Waals surface area (Å²) in [6.07, 6.45) is 1.47. The van der Waals surface area contributed by atoms with Crippen LogP contribution in [0.1, 0.15) is 58.6 Å². The van der Waals surface area contributed by atoms with Crippen LogP contribution in [0.5, 0.6) is 23.0 Å². The lowest BCUT2D eigenvalue weighted by Gasteiger charge is -2.27. The van der Waals surface area contributed by atoms with Gasteiger partial charge in [-0.15, -0.1) is 11.3 Å². The average Bonchev–Trinajstić information content (AvgIpc) is 3.32. The Balaban J connectivity index is 2.05. The molecule has 246 valence electrons. The molecule has 1 atom stereocenters. The van der Waals surface area contributed by atoms with Crippen molar-refractivity contribution in [3.05, 3.63) is 72.6 Å². The number of ether oxygens (including phenoxy) is 6. The van der Waals surface area contributed by atoms with Crippen LogP contribution in [0.15, 0.2) is 46.8 Å². The van der Waals surface area contributed by atoms with E-state index < -0.39 is 23.4 Å². The SMILES string of the molecule is CCOC(=O)C1=C(N)n2c(sc(=Cc3ccc(OC(C)C)c(OC)c3)c2=O)=C(C(=O)OCC)C1c1ccc(OC(C)C)c(OC)c1. The van der Waals surface area contributed by atoms with Gasteiger partial charge in [0.05, 0.1) is 61.2 Å². The van der Waals surface area contributed by atoms with Crippen molar-refractivity contribution < 1.29 is 38.0 Å². The minimum atomic E-state index is -1.04. The van der Waals surface area contributed by atoms with Crippen LogP contribution >= 0.6 is 11.3 Å². The van der Waals surface area contributed by atoms with Crippen LogP contribution in [-0.2, 0) is 19.1 Å². The molecule has 3 aromatic rings. The average molecular weight is 653 g/mol. The van der Waals surface area contributed by atoms with Gasteiger partial charge in [0.25, 0.3) is 5.56 Å². The molecule has 46 heavy (non-hydrogen) atoms. The Morgan fingerprint density at radius 2 is 1.39 bits per heavy atom. The smallest absolute Gasteiger partial charge is 0.338 e. The lowest BCUT2D eigenvalue weighted by Crippen LogP contribution is -2.42. The summed E-state index contributed by atoms with van der Waals surface area (Å²) in [5, 5.41) is 0. The van der Waals surface area contributed by atoms with Crippen LogP contribution < -0.4 is 39.4 Å². The van der Waals surface area contributed by atoms with Crippen LogP contribution in [0, 0.1) is 0 Å². The fourth-order valence-electron chi connectivity index (χ4n) is 5.09. The van der Waals surface area contributed by atoms with Crippen molar-refractivity contribution >= 4 is 40.7 Å². The largest absolute Gasteiger partial charge is 0.493 e. The fraction of sp³-hybridized carbons (Fsp3) is 0.382. The number of hydrogen-bond acceptors (Lipinski definition) is 11. The first kappa shape index (κ1) is 34.2. The van der Waals surface area contributed by atoms with Crippen molar-refractivity contribution in [2.75, 3.05) is 27.4 Å². The topological polar surface area (TPSA) is 138 Å². The maximum Gasteiger partial charge on any atom is 0.338 e. The van der Waals surface area contributed by atoms with E-state index in [1.165, 1.54) is 18.8 Å². The van der Waals surface area contributed by atoms with Crippen molar-refractivity contribution in [3.8, 4) is 23.0 Å². The Bertz CT molecular complexity index is 1840. The van der Waals surface area contributed by atoms with Crippen molar-refractivity contribution in [3.63, 3.8) is 0 Å². The number of carbonyl (C=O) groups excluding carboxylic acids is 2. The molecule has 2 heterocycles. The van der Waals surface area contributed by atoms with Gasteiger partial charge in [0, 0.05) is 0 Å². The second-order valence-corrected chi connectivity index (χ2v) is 11.8. The molecule has 0 aliphatic carbocycles. The molecule has 12 heteroatoms. The molecule has 1 unspecified atom stereocenters. The van der Waals surface area contributed by atoms with Gasteiger partial charge in [0.15, 0.2) is 23.0 Å². The van der Waals surface area contributed by atoms with Crippen LogP contribution in [-0.4, -0.2) is 56.1 Å². The summed E-state index contributed by atoms with van der Waals surface area (Å²) in [6.45, 7) is 11.0. The van der Waals surface area contributed by atoms with Gasteiger partial charge in [0.1, 0.15) is 10.5 Å². The number of benzene rings is 2. The first-order valence-electron chi connectivity index (χ1n) is 15.0. The van der Waals surface area contributed by atoms with Crippen molar-refractivity contribution in [2.24, 2.45) is 5.73 Å². The molecule has 2 N–H and O–H groups in total. The van der Waals surface area contributed by atoms with Crippen LogP contribution in [0.3, 0.4) is 0 Å². The Morgan fingerprint density at radius 1 is 0.848 bits per heavy atom. The van der Waals surface area contributed by atoms with Gasteiger partial charge in [-0.25, -0.2) is 9.59 Å². The number of thiazole rings is 1. The van der Waals surface area contributed by atoms with E-state index in [-0.39, 0.29) is 51.6 Å². The Labute approximate surface area is 271 Å². The fourth-order valence-corrected chi connectivity index (χ4v) is 6.25. The number of hydrogen-bond donors (Lipinski definition) is 1. The summed E-state index contributed by atoms with van der Waals surface area (Å²) in [4.78, 5) is 41.3. The molecular weight excluding hydrogens is 612 g/mol. The Kier molecular flexibility index (Phi) is 10.8. The summed E-state index contributed by atoms with van der Waals surface area (Å²) in [6, 6.07) is 10.4. The highest BCUT2D eigenvalue weighted by molar-refractivity contribution is 7.07. The van der Waals surface area contributed by atoms with E-state index in [4.69, 9.17) is 34.2 Å². The first-order chi connectivity index (χ1) is 21.9. The zero-order valence-corrected chi connectivity index (χ0v) is 28.1. The predicted molar refractivity (Wildman–Crippen MR) is 176 cm³/mol. The Morgan fingerprint density at radius 3 is 1.93 bits per heavy atom. The van der Waals surface area contributed by atoms with E-state index in [1.807, 2.05) is 27.7 Å². The number of nitrogens with zero attached hydrogens (tertiary/aromatic N) is 1. The zero-order chi connectivity index (χ0) is 33.7. The van der Waals surface area contributed by atoms with E-state index in [0.29, 0.717) is 34.1 Å². The number of rotatable bonds is 12. The molecule has 1 aliphatic heterocycles. The lowest BCUT2D eigenvalue weighted by atomic mass is 9.83. The molecule has 1 aliphatic rings. The van der Waals surface area contributed by atoms with Gasteiger partial charge in [-0.2, -0.15) is 0 Å². The van der Waals surface area contributed by atoms with Gasteiger partial charge in [-0.1, -0.05) is 12.1 Å². The summed E-state index contributed by atoms with van der Waals surface area (Å²) in [7, 11) is 3.03. The summed E-state index contributed by atoms with van der Waals surface area (Å²) >= 11 is 1.06. The third kappa shape index (κ3) is 6.91. The number of esters is 2. The highest BCUT2D eigenvalue weighted by Crippen LogP contribution is 2.41. The third-order valence-corrected chi connectivity index (χ3v) is 7.98. The van der Waals surface area contributed by atoms with Gasteiger partial charge in [-0.3, -0.25) is 9.36 Å². The van der Waals surface area contributed by atoms with Gasteiger partial charge < -0.3 is 34.2 Å². The summed E-state index contributed by atoms with van der Waals surface area (Å²) in [5.74, 6) is -0.747. The standard InChI is InChI=1S/C34H40N2O9S/c1-9-42-33(38)28-27(21-12-14-23(45-19(5)6)25(17-21)41-8)29(34(39)43-10-2)32-36(30(28)35)31(37)26(46-32)16-20-11-13-22(44-18(3)4)24(15-20)40-7/h11-19,27H,9-10,35H2,1-8H3. The van der Waals surface area contributed by atoms with Gasteiger partial charge >= 0.3 is 11.9 Å². The molecular formula is C34H40N2O9S. The van der Waals surface area contributed by atoms with E-state index in [0.717, 1.165) is 11.3 Å². The molecule has 0 saturated carbocycles. The second-order valence-electron chi connectivity index (χ2n) is 10.8. The molecule has 2 aromatic carbocycles. The molecule has 11 nitrogen and oxygen atoms in total. The highest BCUT2D eigenvalue weighted by Gasteiger charge is 2.40. The van der Waals surface area contributed by atoms with E-state index in [1.54, 1.807) is 56.3 Å². The van der Waals surface area contributed by atoms with Crippen LogP contribution in [0.4, 0.5) is 0 Å². The molecule has 0 spiro atoms. The maximum atomic E-state index is 14.0. The second kappa shape index (κ2) is 14.6. The van der Waals surface area contributed by atoms with Crippen LogP contribution in [0.2, 0.25) is 0 Å². The summed E-state index contributed by atoms with van der Waals surface area (Å²) in [5.41, 5.74) is 7.27. The number of methoxy groups -OCH3 is 2. The first-order valence-corrected chi connectivity index (χ1v) is 15.8. The minimum Gasteiger partial charge on any atom is -0.493 e. The number of fused-ring (bicyclic) bond motifs is 1.